The van der Waals surface area contributed by atoms with Crippen LogP contribution in [0.25, 0.3) is 0 Å². The van der Waals surface area contributed by atoms with E-state index in [1.54, 1.807) is 0 Å². The van der Waals surface area contributed by atoms with E-state index in [0.29, 0.717) is 0 Å². The molecule has 0 atom stereocenters. The molecule has 0 spiro atoms. The van der Waals surface area contributed by atoms with E-state index in [2.05, 4.69) is 5.73 Å². The summed E-state index contributed by atoms with van der Waals surface area (Å²) in [5, 5.41) is 14.4. The van der Waals surface area contributed by atoms with Gasteiger partial charge in [0.05, 0.1) is 6.34 Å². The number of hydrogen-bond donors (Lipinski definition) is 3. The first-order valence-corrected chi connectivity index (χ1v) is 3.86. The van der Waals surface area contributed by atoms with Crippen LogP contribution >= 0.6 is 0 Å². The Morgan fingerprint density at radius 2 is 1.92 bits per heavy atom. The van der Waals surface area contributed by atoms with Gasteiger partial charge in [-0.3, -0.25) is 5.41 Å². The zero-order chi connectivity index (χ0) is 10.7. The van der Waals surface area contributed by atoms with Crippen molar-refractivity contribution in [2.45, 2.75) is 13.8 Å². The highest BCUT2D eigenvalue weighted by Crippen LogP contribution is 2.07. The van der Waals surface area contributed by atoms with Crippen molar-refractivity contribution in [3.8, 4) is 5.75 Å². The first-order chi connectivity index (χ1) is 6.20. The quantitative estimate of drug-likeness (QED) is 0.429. The van der Waals surface area contributed by atoms with E-state index in [1.807, 2.05) is 13.8 Å². The predicted octanol–water partition coefficient (Wildman–Crippen LogP) is 2.11. The van der Waals surface area contributed by atoms with Crippen molar-refractivity contribution >= 4 is 6.34 Å². The van der Waals surface area contributed by atoms with Crippen molar-refractivity contribution in [2.24, 2.45) is 5.73 Å². The van der Waals surface area contributed by atoms with Gasteiger partial charge in [-0.1, -0.05) is 19.9 Å². The first-order valence-electron chi connectivity index (χ1n) is 3.86. The molecule has 0 aliphatic carbocycles. The fourth-order valence-electron chi connectivity index (χ4n) is 0.476. The third kappa shape index (κ3) is 10.4. The summed E-state index contributed by atoms with van der Waals surface area (Å²) in [6.45, 7) is 4.00. The monoisotopic (exact) mass is 186 g/mol. The van der Waals surface area contributed by atoms with Crippen molar-refractivity contribution < 1.29 is 9.50 Å². The largest absolute Gasteiger partial charge is 0.508 e. The molecule has 0 amide bonds. The minimum absolute atomic E-state index is 0.0370. The van der Waals surface area contributed by atoms with E-state index >= 15 is 0 Å². The third-order valence-corrected chi connectivity index (χ3v) is 0.808. The van der Waals surface area contributed by atoms with Gasteiger partial charge in [-0.2, -0.15) is 0 Å². The van der Waals surface area contributed by atoms with E-state index in [4.69, 9.17) is 10.5 Å². The molecular weight excluding hydrogens is 171 g/mol. The molecular formula is C9H15FN2O. The van der Waals surface area contributed by atoms with Crippen LogP contribution in [-0.4, -0.2) is 11.4 Å². The van der Waals surface area contributed by atoms with E-state index in [-0.39, 0.29) is 5.75 Å². The smallest absolute Gasteiger partial charge is 0.126 e. The number of nitrogens with one attached hydrogen (secondary N) is 1. The second-order valence-electron chi connectivity index (χ2n) is 1.65. The van der Waals surface area contributed by atoms with Crippen LogP contribution in [-0.2, 0) is 0 Å². The molecule has 0 bridgehead atoms. The molecule has 4 N–H and O–H groups in total. The molecule has 74 valence electrons. The second kappa shape index (κ2) is 10.4. The number of benzene rings is 1. The van der Waals surface area contributed by atoms with Crippen LogP contribution in [0.5, 0.6) is 5.75 Å². The van der Waals surface area contributed by atoms with E-state index in [0.717, 1.165) is 12.4 Å². The molecule has 0 fully saturated rings. The van der Waals surface area contributed by atoms with E-state index < -0.39 is 5.82 Å². The van der Waals surface area contributed by atoms with Crippen molar-refractivity contribution in [2.75, 3.05) is 0 Å². The number of aromatic hydroxyl groups is 1. The molecule has 0 aromatic heterocycles. The fraction of sp³-hybridized carbons (Fsp3) is 0.222. The lowest BCUT2D eigenvalue weighted by atomic mass is 10.3. The van der Waals surface area contributed by atoms with Gasteiger partial charge >= 0.3 is 0 Å². The summed E-state index contributed by atoms with van der Waals surface area (Å²) in [7, 11) is 0. The number of rotatable bonds is 0. The number of halogens is 1. The van der Waals surface area contributed by atoms with Gasteiger partial charge in [0.1, 0.15) is 11.6 Å². The highest BCUT2D eigenvalue weighted by Gasteiger charge is 1.86. The van der Waals surface area contributed by atoms with Crippen molar-refractivity contribution in [3.05, 3.63) is 30.1 Å². The Hall–Kier alpha value is -1.58. The van der Waals surface area contributed by atoms with Crippen LogP contribution in [0.3, 0.4) is 0 Å². The summed E-state index contributed by atoms with van der Waals surface area (Å²) < 4.78 is 12.0. The molecule has 0 unspecified atom stereocenters. The van der Waals surface area contributed by atoms with Crippen LogP contribution in [0.1, 0.15) is 13.8 Å². The van der Waals surface area contributed by atoms with Gasteiger partial charge in [0.2, 0.25) is 0 Å². The Labute approximate surface area is 77.5 Å². The maximum absolute atomic E-state index is 12.0. The normalized spacial score (nSPS) is 7.00. The van der Waals surface area contributed by atoms with Gasteiger partial charge < -0.3 is 10.8 Å². The van der Waals surface area contributed by atoms with Gasteiger partial charge in [-0.05, 0) is 12.1 Å². The molecule has 1 aromatic rings. The summed E-state index contributed by atoms with van der Waals surface area (Å²) in [4.78, 5) is 0. The zero-order valence-electron chi connectivity index (χ0n) is 7.79. The molecule has 0 saturated carbocycles. The van der Waals surface area contributed by atoms with Gasteiger partial charge in [0, 0.05) is 6.07 Å². The molecule has 0 aliphatic heterocycles. The molecule has 0 aliphatic rings. The van der Waals surface area contributed by atoms with Crippen LogP contribution in [0, 0.1) is 11.2 Å². The average Bonchev–Trinajstić information content (AvgIpc) is 2.08. The third-order valence-electron chi connectivity index (χ3n) is 0.808. The molecule has 13 heavy (non-hydrogen) atoms. The highest BCUT2D eigenvalue weighted by atomic mass is 19.1. The van der Waals surface area contributed by atoms with Gasteiger partial charge in [0.25, 0.3) is 0 Å². The fourth-order valence-corrected chi connectivity index (χ4v) is 0.476. The lowest BCUT2D eigenvalue weighted by Gasteiger charge is -1.86. The lowest BCUT2D eigenvalue weighted by Crippen LogP contribution is -1.81. The Kier molecular flexibility index (Phi) is 11.2. The summed E-state index contributed by atoms with van der Waals surface area (Å²) >= 11 is 0. The molecule has 0 radical (unpaired) electrons. The first kappa shape index (κ1) is 14.0. The zero-order valence-corrected chi connectivity index (χ0v) is 7.79. The Balaban J connectivity index is 0. The highest BCUT2D eigenvalue weighted by molar-refractivity contribution is 5.46. The van der Waals surface area contributed by atoms with Gasteiger partial charge in [0.15, 0.2) is 0 Å². The van der Waals surface area contributed by atoms with Gasteiger partial charge in [-0.15, -0.1) is 0 Å². The molecule has 1 aromatic carbocycles. The predicted molar refractivity (Wildman–Crippen MR) is 52.4 cm³/mol. The maximum Gasteiger partial charge on any atom is 0.126 e. The Bertz CT molecular complexity index is 211. The minimum Gasteiger partial charge on any atom is -0.508 e. The maximum atomic E-state index is 12.0. The SMILES string of the molecule is CC.N=CN.Oc1cccc(F)c1. The van der Waals surface area contributed by atoms with Crippen LogP contribution < -0.4 is 5.73 Å². The number of hydrogen-bond acceptors (Lipinski definition) is 2. The van der Waals surface area contributed by atoms with Crippen LogP contribution in [0.2, 0.25) is 0 Å². The minimum atomic E-state index is -0.412. The number of phenols is 1. The summed E-state index contributed by atoms with van der Waals surface area (Å²) in [5.41, 5.74) is 4.39. The molecule has 1 rings (SSSR count). The van der Waals surface area contributed by atoms with Gasteiger partial charge in [-0.25, -0.2) is 4.39 Å². The Morgan fingerprint density at radius 3 is 2.15 bits per heavy atom. The van der Waals surface area contributed by atoms with Crippen molar-refractivity contribution in [1.29, 1.82) is 5.41 Å². The molecule has 0 heterocycles. The molecule has 4 heteroatoms. The molecule has 3 nitrogen and oxygen atoms in total. The van der Waals surface area contributed by atoms with E-state index in [1.165, 1.54) is 18.2 Å². The van der Waals surface area contributed by atoms with Crippen LogP contribution in [0.4, 0.5) is 4.39 Å². The lowest BCUT2D eigenvalue weighted by molar-refractivity contribution is 0.469. The second-order valence-corrected chi connectivity index (χ2v) is 1.65. The number of phenolic OH excluding ortho intramolecular Hbond substituents is 1. The number of nitrogens with two attached hydrogens (primary N) is 1. The van der Waals surface area contributed by atoms with Crippen molar-refractivity contribution in [3.63, 3.8) is 0 Å². The average molecular weight is 186 g/mol. The van der Waals surface area contributed by atoms with Crippen LogP contribution in [0.15, 0.2) is 24.3 Å². The summed E-state index contributed by atoms with van der Waals surface area (Å²) in [5.74, 6) is -0.449. The standard InChI is InChI=1S/C6H5FO.C2H6.CH4N2/c7-5-2-1-3-6(8)4-5;1-2;2-1-3/h1-4,8H;1-2H3;1H,(H3,2,3). The van der Waals surface area contributed by atoms with E-state index in [9.17, 15) is 4.39 Å². The topological polar surface area (TPSA) is 70.1 Å². The molecule has 0 saturated heterocycles. The Morgan fingerprint density at radius 1 is 1.46 bits per heavy atom. The van der Waals surface area contributed by atoms with Crippen molar-refractivity contribution in [1.82, 2.24) is 0 Å². The summed E-state index contributed by atoms with van der Waals surface area (Å²) in [6.07, 6.45) is 0.750. The summed E-state index contributed by atoms with van der Waals surface area (Å²) in [6, 6.07) is 5.20.